The monoisotopic (exact) mass is 1130 g/mol. The normalized spacial score (nSPS) is 24.7. The summed E-state index contributed by atoms with van der Waals surface area (Å²) in [4.78, 5) is 13.3. The summed E-state index contributed by atoms with van der Waals surface area (Å²) in [6.07, 6.45) is 51.0. The molecule has 0 aromatic carbocycles. The summed E-state index contributed by atoms with van der Waals surface area (Å²) in [5, 5.41) is 87.1. The lowest BCUT2D eigenvalue weighted by molar-refractivity contribution is -0.359. The highest BCUT2D eigenvalue weighted by Crippen LogP contribution is 2.30. The number of carbonyl (C=O) groups is 1. The summed E-state index contributed by atoms with van der Waals surface area (Å²) >= 11 is 0. The lowest BCUT2D eigenvalue weighted by Crippen LogP contribution is -2.65. The number of rotatable bonds is 51. The summed E-state index contributed by atoms with van der Waals surface area (Å²) in [6, 6.07) is -0.940. The van der Waals surface area contributed by atoms with Crippen molar-refractivity contribution in [1.29, 1.82) is 0 Å². The van der Waals surface area contributed by atoms with Gasteiger partial charge in [-0.2, -0.15) is 0 Å². The zero-order valence-electron chi connectivity index (χ0n) is 50.1. The van der Waals surface area contributed by atoms with E-state index in [9.17, 15) is 45.6 Å². The van der Waals surface area contributed by atoms with E-state index < -0.39 is 86.8 Å². The van der Waals surface area contributed by atoms with Gasteiger partial charge in [-0.1, -0.05) is 228 Å². The standard InChI is InChI=1S/C66H117NO13/c1-3-5-7-9-11-13-15-17-19-20-21-22-23-24-25-26-27-28-29-30-31-32-33-34-36-38-40-42-44-46-48-50-58(71)67-54(55(70)49-47-45-43-41-39-37-35-18-16-14-12-10-8-6-4-2)53-77-65-63(76)61(74)64(57(52-69)79-65)80-66-62(75)60(73)59(72)56(51-68)78-66/h15-18,20-21,23-24,39,41,47,49,54-57,59-66,68-70,72-76H,3-14,19,22,25-38,40,42-46,48,50-53H2,1-2H3,(H,67,71)/b17-15-,18-16+,21-20-,24-23-,41-39+,49-47+. The quantitative estimate of drug-likeness (QED) is 0.0204. The molecule has 9 N–H and O–H groups in total. The predicted molar refractivity (Wildman–Crippen MR) is 323 cm³/mol. The van der Waals surface area contributed by atoms with Gasteiger partial charge in [0.05, 0.1) is 32.0 Å². The Morgan fingerprint density at radius 2 is 0.838 bits per heavy atom. The van der Waals surface area contributed by atoms with Crippen LogP contribution in [-0.4, -0.2) is 140 Å². The van der Waals surface area contributed by atoms with Crippen LogP contribution < -0.4 is 5.32 Å². The van der Waals surface area contributed by atoms with Crippen molar-refractivity contribution in [3.05, 3.63) is 72.9 Å². The Morgan fingerprint density at radius 3 is 1.31 bits per heavy atom. The van der Waals surface area contributed by atoms with Gasteiger partial charge in [-0.05, 0) is 83.5 Å². The van der Waals surface area contributed by atoms with Crippen LogP contribution in [0.2, 0.25) is 0 Å². The first-order chi connectivity index (χ1) is 39.1. The molecule has 2 heterocycles. The molecule has 0 saturated carbocycles. The Hall–Kier alpha value is -2.57. The van der Waals surface area contributed by atoms with Gasteiger partial charge in [-0.3, -0.25) is 4.79 Å². The number of unbranched alkanes of at least 4 members (excludes halogenated alkanes) is 28. The molecule has 0 aromatic rings. The molecule has 0 aromatic heterocycles. The highest BCUT2D eigenvalue weighted by molar-refractivity contribution is 5.76. The van der Waals surface area contributed by atoms with Gasteiger partial charge in [0.2, 0.25) is 5.91 Å². The fraction of sp³-hybridized carbons (Fsp3) is 0.803. The number of nitrogens with one attached hydrogen (secondary N) is 1. The first-order valence-electron chi connectivity index (χ1n) is 32.2. The average molecular weight is 1130 g/mol. The molecule has 14 nitrogen and oxygen atoms in total. The molecular formula is C66H117NO13. The predicted octanol–water partition coefficient (Wildman–Crippen LogP) is 11.9. The first kappa shape index (κ1) is 73.5. The van der Waals surface area contributed by atoms with Crippen molar-refractivity contribution in [3.8, 4) is 0 Å². The van der Waals surface area contributed by atoms with Gasteiger partial charge in [0.15, 0.2) is 12.6 Å². The van der Waals surface area contributed by atoms with Crippen molar-refractivity contribution in [2.75, 3.05) is 19.8 Å². The van der Waals surface area contributed by atoms with Crippen LogP contribution >= 0.6 is 0 Å². The van der Waals surface area contributed by atoms with Crippen molar-refractivity contribution in [2.24, 2.45) is 0 Å². The molecule has 464 valence electrons. The third-order valence-corrected chi connectivity index (χ3v) is 15.3. The second-order valence-electron chi connectivity index (χ2n) is 22.5. The topological polar surface area (TPSA) is 228 Å². The van der Waals surface area contributed by atoms with Gasteiger partial charge in [-0.25, -0.2) is 0 Å². The molecule has 0 radical (unpaired) electrons. The number of ether oxygens (including phenoxy) is 4. The SMILES string of the molecule is CCCCCCC/C=C\C/C=C\C/C=C\CCCCCCCCCCCCCCCCCCC(=O)NC(COC1OC(CO)C(OC2OC(CO)C(O)C(O)C2O)C(O)C1O)C(O)/C=C/CC/C=C/CC/C=C/CCCCCCC. The number of carbonyl (C=O) groups excluding carboxylic acids is 1. The largest absolute Gasteiger partial charge is 0.394 e. The van der Waals surface area contributed by atoms with E-state index >= 15 is 0 Å². The molecule has 2 rings (SSSR count). The lowest BCUT2D eigenvalue weighted by atomic mass is 9.97. The number of allylic oxidation sites excluding steroid dienone is 11. The zero-order valence-corrected chi connectivity index (χ0v) is 50.1. The third-order valence-electron chi connectivity index (χ3n) is 15.3. The molecule has 1 amide bonds. The molecular weight excluding hydrogens is 1010 g/mol. The first-order valence-corrected chi connectivity index (χ1v) is 32.2. The van der Waals surface area contributed by atoms with Crippen LogP contribution in [0.3, 0.4) is 0 Å². The van der Waals surface area contributed by atoms with Crippen LogP contribution in [0.15, 0.2) is 72.9 Å². The van der Waals surface area contributed by atoms with Crippen LogP contribution in [0.25, 0.3) is 0 Å². The Balaban J connectivity index is 1.68. The molecule has 2 aliphatic heterocycles. The second-order valence-corrected chi connectivity index (χ2v) is 22.5. The van der Waals surface area contributed by atoms with Crippen LogP contribution in [0.4, 0.5) is 0 Å². The minimum atomic E-state index is -1.79. The molecule has 12 unspecified atom stereocenters. The maximum atomic E-state index is 13.3. The molecule has 2 saturated heterocycles. The molecule has 12 atom stereocenters. The van der Waals surface area contributed by atoms with Crippen molar-refractivity contribution in [3.63, 3.8) is 0 Å². The molecule has 2 aliphatic rings. The van der Waals surface area contributed by atoms with Gasteiger partial charge >= 0.3 is 0 Å². The van der Waals surface area contributed by atoms with Gasteiger partial charge in [-0.15, -0.1) is 0 Å². The van der Waals surface area contributed by atoms with Crippen LogP contribution in [0, 0.1) is 0 Å². The van der Waals surface area contributed by atoms with E-state index in [-0.39, 0.29) is 18.9 Å². The van der Waals surface area contributed by atoms with E-state index in [2.05, 4.69) is 79.9 Å². The van der Waals surface area contributed by atoms with E-state index in [1.807, 2.05) is 6.08 Å². The van der Waals surface area contributed by atoms with Gasteiger partial charge < -0.3 is 65.1 Å². The highest BCUT2D eigenvalue weighted by Gasteiger charge is 2.51. The number of aliphatic hydroxyl groups excluding tert-OH is 8. The van der Waals surface area contributed by atoms with Crippen LogP contribution in [-0.2, 0) is 23.7 Å². The Morgan fingerprint density at radius 1 is 0.450 bits per heavy atom. The summed E-state index contributed by atoms with van der Waals surface area (Å²) in [6.45, 7) is 2.75. The smallest absolute Gasteiger partial charge is 0.220 e. The average Bonchev–Trinajstić information content (AvgIpc) is 3.46. The number of amides is 1. The summed E-state index contributed by atoms with van der Waals surface area (Å²) < 4.78 is 22.8. The minimum absolute atomic E-state index is 0.254. The second kappa shape index (κ2) is 50.9. The van der Waals surface area contributed by atoms with Gasteiger partial charge in [0, 0.05) is 6.42 Å². The van der Waals surface area contributed by atoms with E-state index in [1.54, 1.807) is 6.08 Å². The molecule has 0 bridgehead atoms. The Bertz CT molecular complexity index is 1620. The maximum Gasteiger partial charge on any atom is 0.220 e. The van der Waals surface area contributed by atoms with Crippen molar-refractivity contribution < 1.29 is 64.6 Å². The lowest BCUT2D eigenvalue weighted by Gasteiger charge is -2.46. The number of hydrogen-bond acceptors (Lipinski definition) is 13. The molecule has 14 heteroatoms. The molecule has 0 aliphatic carbocycles. The maximum absolute atomic E-state index is 13.3. The van der Waals surface area contributed by atoms with Gasteiger partial charge in [0.1, 0.15) is 48.8 Å². The molecule has 2 fully saturated rings. The van der Waals surface area contributed by atoms with E-state index in [4.69, 9.17) is 18.9 Å². The minimum Gasteiger partial charge on any atom is -0.394 e. The van der Waals surface area contributed by atoms with Crippen molar-refractivity contribution >= 4 is 5.91 Å². The highest BCUT2D eigenvalue weighted by atomic mass is 16.7. The van der Waals surface area contributed by atoms with Crippen LogP contribution in [0.5, 0.6) is 0 Å². The summed E-state index contributed by atoms with van der Waals surface area (Å²) in [7, 11) is 0. The Labute approximate surface area is 485 Å². The fourth-order valence-electron chi connectivity index (χ4n) is 10.2. The Kier molecular flexibility index (Phi) is 46.8. The van der Waals surface area contributed by atoms with Crippen molar-refractivity contribution in [2.45, 2.75) is 319 Å². The number of hydrogen-bond donors (Lipinski definition) is 9. The molecule has 0 spiro atoms. The summed E-state index contributed by atoms with van der Waals surface area (Å²) in [5.74, 6) is -0.254. The van der Waals surface area contributed by atoms with Crippen molar-refractivity contribution in [1.82, 2.24) is 5.32 Å². The number of aliphatic hydroxyl groups is 8. The van der Waals surface area contributed by atoms with E-state index in [0.717, 1.165) is 57.8 Å². The molecule has 80 heavy (non-hydrogen) atoms. The van der Waals surface area contributed by atoms with E-state index in [0.29, 0.717) is 12.8 Å². The zero-order chi connectivity index (χ0) is 58.1. The van der Waals surface area contributed by atoms with Gasteiger partial charge in [0.25, 0.3) is 0 Å². The van der Waals surface area contributed by atoms with E-state index in [1.165, 1.54) is 154 Å². The summed E-state index contributed by atoms with van der Waals surface area (Å²) in [5.41, 5.74) is 0. The third kappa shape index (κ3) is 35.5. The van der Waals surface area contributed by atoms with Crippen LogP contribution in [0.1, 0.15) is 245 Å². The fourth-order valence-corrected chi connectivity index (χ4v) is 10.2.